The number of carbonyl (C=O) groups is 1. The van der Waals surface area contributed by atoms with E-state index in [2.05, 4.69) is 25.5 Å². The molecule has 4 nitrogen and oxygen atoms in total. The highest BCUT2D eigenvalue weighted by molar-refractivity contribution is 8.13. The third-order valence-corrected chi connectivity index (χ3v) is 13.7. The quantitative estimate of drug-likeness (QED) is 0.0372. The molecule has 2 unspecified atom stereocenters. The summed E-state index contributed by atoms with van der Waals surface area (Å²) in [5, 5.41) is 0.423. The lowest BCUT2D eigenvalue weighted by Crippen LogP contribution is -2.33. The van der Waals surface area contributed by atoms with Crippen LogP contribution in [0.4, 0.5) is 0 Å². The van der Waals surface area contributed by atoms with E-state index >= 15 is 0 Å². The number of thioether (sulfide) groups is 1. The molecule has 0 aromatic carbocycles. The van der Waals surface area contributed by atoms with Gasteiger partial charge in [0.25, 0.3) is 0 Å². The van der Waals surface area contributed by atoms with Crippen LogP contribution in [0.1, 0.15) is 219 Å². The summed E-state index contributed by atoms with van der Waals surface area (Å²) < 4.78 is 14.8. The van der Waals surface area contributed by atoms with Crippen molar-refractivity contribution in [3.63, 3.8) is 0 Å². The predicted molar refractivity (Wildman–Crippen MR) is 217 cm³/mol. The van der Waals surface area contributed by atoms with Gasteiger partial charge in [0, 0.05) is 18.8 Å². The Hall–Kier alpha value is 0.117. The molecular formula is C42H85NO3SSi. The van der Waals surface area contributed by atoms with Gasteiger partial charge in [0.15, 0.2) is 5.12 Å². The number of rotatable bonds is 35. The van der Waals surface area contributed by atoms with Crippen molar-refractivity contribution in [1.29, 1.82) is 0 Å². The standard InChI is InChI=1S/C42H85NO3SSi/c1-4-6-8-10-12-14-16-18-20-22-24-26-28-34-42(44)47-37-31-33-41-38-40(32-30-35-43(3)48-41)46-39-45-36-29-27-25-23-21-19-17-15-13-11-9-7-5-2/h40-41H,4-39,48H2,1-3H3. The van der Waals surface area contributed by atoms with Crippen molar-refractivity contribution in [2.24, 2.45) is 0 Å². The van der Waals surface area contributed by atoms with E-state index in [1.807, 2.05) is 0 Å². The second-order valence-electron chi connectivity index (χ2n) is 15.4. The summed E-state index contributed by atoms with van der Waals surface area (Å²) in [6.45, 7) is 7.11. The number of carbonyl (C=O) groups excluding carboxylic acids is 1. The van der Waals surface area contributed by atoms with Crippen LogP contribution in [0.3, 0.4) is 0 Å². The number of ether oxygens (including phenoxy) is 2. The fourth-order valence-electron chi connectivity index (χ4n) is 7.39. The van der Waals surface area contributed by atoms with E-state index in [4.69, 9.17) is 9.47 Å². The fraction of sp³-hybridized carbons (Fsp3) is 0.976. The summed E-state index contributed by atoms with van der Waals surface area (Å²) >= 11 is 1.60. The minimum absolute atomic E-state index is 0.262. The molecular weight excluding hydrogens is 627 g/mol. The Morgan fingerprint density at radius 3 is 1.67 bits per heavy atom. The first kappa shape index (κ1) is 46.1. The molecule has 2 atom stereocenters. The van der Waals surface area contributed by atoms with Gasteiger partial charge in [-0.25, -0.2) is 0 Å². The maximum absolute atomic E-state index is 12.5. The van der Waals surface area contributed by atoms with E-state index in [1.165, 1.54) is 193 Å². The summed E-state index contributed by atoms with van der Waals surface area (Å²) in [5.74, 6) is 1.000. The lowest BCUT2D eigenvalue weighted by atomic mass is 10.0. The Balaban J connectivity index is 1.98. The highest BCUT2D eigenvalue weighted by Crippen LogP contribution is 2.27. The molecule has 0 spiro atoms. The third kappa shape index (κ3) is 32.1. The molecule has 0 aliphatic carbocycles. The maximum atomic E-state index is 12.5. The van der Waals surface area contributed by atoms with Crippen molar-refractivity contribution in [1.82, 2.24) is 4.57 Å². The molecule has 286 valence electrons. The van der Waals surface area contributed by atoms with Crippen LogP contribution in [0, 0.1) is 0 Å². The fourth-order valence-corrected chi connectivity index (χ4v) is 10.5. The van der Waals surface area contributed by atoms with E-state index in [1.54, 1.807) is 11.8 Å². The largest absolute Gasteiger partial charge is 0.355 e. The molecule has 1 rings (SSSR count). The Morgan fingerprint density at radius 2 is 1.15 bits per heavy atom. The Kier molecular flexibility index (Phi) is 35.5. The van der Waals surface area contributed by atoms with Crippen LogP contribution in [-0.4, -0.2) is 58.2 Å². The molecule has 0 radical (unpaired) electrons. The highest BCUT2D eigenvalue weighted by atomic mass is 32.2. The zero-order valence-corrected chi connectivity index (χ0v) is 35.1. The van der Waals surface area contributed by atoms with Crippen LogP contribution < -0.4 is 0 Å². The maximum Gasteiger partial charge on any atom is 0.188 e. The topological polar surface area (TPSA) is 38.8 Å². The highest BCUT2D eigenvalue weighted by Gasteiger charge is 2.22. The van der Waals surface area contributed by atoms with Crippen LogP contribution in [-0.2, 0) is 14.3 Å². The average molecular weight is 712 g/mol. The molecule has 0 aromatic rings. The second-order valence-corrected chi connectivity index (χ2v) is 19.2. The molecule has 1 heterocycles. The molecule has 0 N–H and O–H groups in total. The Bertz CT molecular complexity index is 669. The van der Waals surface area contributed by atoms with E-state index in [0.717, 1.165) is 37.2 Å². The van der Waals surface area contributed by atoms with Gasteiger partial charge in [-0.2, -0.15) is 0 Å². The van der Waals surface area contributed by atoms with Crippen LogP contribution >= 0.6 is 11.8 Å². The SMILES string of the molecule is CCCCCCCCCCCCCCCOCOC1CCCN(C)[SiH2]C(CCCSC(=O)CCCCCCCCCCCCCCC)C1. The zero-order chi connectivity index (χ0) is 34.6. The van der Waals surface area contributed by atoms with E-state index in [9.17, 15) is 4.79 Å². The van der Waals surface area contributed by atoms with Gasteiger partial charge in [-0.3, -0.25) is 4.79 Å². The van der Waals surface area contributed by atoms with Gasteiger partial charge in [0.05, 0.1) is 15.8 Å². The van der Waals surface area contributed by atoms with Gasteiger partial charge in [-0.1, -0.05) is 186 Å². The lowest BCUT2D eigenvalue weighted by molar-refractivity contribution is -0.111. The van der Waals surface area contributed by atoms with Crippen LogP contribution in [0.5, 0.6) is 0 Å². The number of unbranched alkanes of at least 4 members (excludes halogenated alkanes) is 24. The molecule has 0 saturated carbocycles. The first-order chi connectivity index (χ1) is 23.7. The Morgan fingerprint density at radius 1 is 0.667 bits per heavy atom. The molecule has 48 heavy (non-hydrogen) atoms. The van der Waals surface area contributed by atoms with E-state index in [0.29, 0.717) is 18.0 Å². The van der Waals surface area contributed by atoms with Crippen molar-refractivity contribution in [3.05, 3.63) is 0 Å². The first-order valence-electron chi connectivity index (χ1n) is 21.7. The predicted octanol–water partition coefficient (Wildman–Crippen LogP) is 12.9. The molecule has 6 heteroatoms. The lowest BCUT2D eigenvalue weighted by Gasteiger charge is -2.30. The molecule has 0 aromatic heterocycles. The molecule has 1 fully saturated rings. The third-order valence-electron chi connectivity index (χ3n) is 10.5. The van der Waals surface area contributed by atoms with Crippen molar-refractivity contribution in [2.45, 2.75) is 231 Å². The normalized spacial score (nSPS) is 18.0. The van der Waals surface area contributed by atoms with Crippen LogP contribution in [0.2, 0.25) is 5.54 Å². The molecule has 1 saturated heterocycles. The summed E-state index contributed by atoms with van der Waals surface area (Å²) in [6.07, 6.45) is 42.8. The molecule has 1 aliphatic heterocycles. The van der Waals surface area contributed by atoms with Gasteiger partial charge in [0.2, 0.25) is 0 Å². The minimum Gasteiger partial charge on any atom is -0.355 e. The smallest absolute Gasteiger partial charge is 0.188 e. The van der Waals surface area contributed by atoms with Crippen molar-refractivity contribution < 1.29 is 14.3 Å². The van der Waals surface area contributed by atoms with Gasteiger partial charge < -0.3 is 14.0 Å². The number of hydrogen-bond donors (Lipinski definition) is 0. The Labute approximate surface area is 308 Å². The van der Waals surface area contributed by atoms with E-state index in [-0.39, 0.29) is 9.68 Å². The number of hydrogen-bond acceptors (Lipinski definition) is 5. The molecule has 1 aliphatic rings. The summed E-state index contributed by atoms with van der Waals surface area (Å²) in [7, 11) is 2.06. The molecule has 0 amide bonds. The van der Waals surface area contributed by atoms with Crippen molar-refractivity contribution >= 4 is 26.6 Å². The van der Waals surface area contributed by atoms with Crippen LogP contribution in [0.15, 0.2) is 0 Å². The minimum atomic E-state index is -0.262. The monoisotopic (exact) mass is 712 g/mol. The van der Waals surface area contributed by atoms with Gasteiger partial charge in [-0.15, -0.1) is 0 Å². The summed E-state index contributed by atoms with van der Waals surface area (Å²) in [4.78, 5) is 12.5. The van der Waals surface area contributed by atoms with Gasteiger partial charge in [-0.05, 0) is 57.7 Å². The first-order valence-corrected chi connectivity index (χ1v) is 24.1. The van der Waals surface area contributed by atoms with Crippen LogP contribution in [0.25, 0.3) is 0 Å². The van der Waals surface area contributed by atoms with Crippen molar-refractivity contribution in [2.75, 3.05) is 32.7 Å². The zero-order valence-electron chi connectivity index (χ0n) is 32.9. The molecule has 0 bridgehead atoms. The van der Waals surface area contributed by atoms with E-state index < -0.39 is 0 Å². The summed E-state index contributed by atoms with van der Waals surface area (Å²) in [5.41, 5.74) is 0.790. The van der Waals surface area contributed by atoms with Gasteiger partial charge in [0.1, 0.15) is 6.79 Å². The van der Waals surface area contributed by atoms with Crippen molar-refractivity contribution in [3.8, 4) is 0 Å². The summed E-state index contributed by atoms with van der Waals surface area (Å²) in [6, 6.07) is 0. The average Bonchev–Trinajstić information content (AvgIpc) is 3.07. The second kappa shape index (κ2) is 36.9. The van der Waals surface area contributed by atoms with Gasteiger partial charge >= 0.3 is 0 Å². The number of nitrogens with zero attached hydrogens (tertiary/aromatic N) is 1.